The first kappa shape index (κ1) is 17.3. The van der Waals surface area contributed by atoms with E-state index in [1.807, 2.05) is 17.9 Å². The molecule has 0 radical (unpaired) electrons. The van der Waals surface area contributed by atoms with Crippen molar-refractivity contribution in [3.8, 4) is 0 Å². The van der Waals surface area contributed by atoms with E-state index in [1.54, 1.807) is 16.9 Å². The molecule has 0 bridgehead atoms. The van der Waals surface area contributed by atoms with E-state index >= 15 is 0 Å². The molecule has 1 aliphatic heterocycles. The Hall–Kier alpha value is -2.48. The standard InChI is InChI=1S/C17H22FN5O2/c1-13-4-7-21-23(13)8-5-16(24)20-11-17(25)6-9-22(12-17)15-3-2-14(18)10-19-15/h2-4,7,10,25H,5-6,8-9,11-12H2,1H3,(H,20,24)/t17-/m0/s1. The topological polar surface area (TPSA) is 83.3 Å². The van der Waals surface area contributed by atoms with Gasteiger partial charge >= 0.3 is 0 Å². The summed E-state index contributed by atoms with van der Waals surface area (Å²) in [5.41, 5.74) is -0.00229. The van der Waals surface area contributed by atoms with Crippen molar-refractivity contribution in [1.82, 2.24) is 20.1 Å². The van der Waals surface area contributed by atoms with Crippen molar-refractivity contribution >= 4 is 11.7 Å². The Bertz CT molecular complexity index is 733. The molecule has 2 aromatic heterocycles. The molecular formula is C17H22FN5O2. The Labute approximate surface area is 145 Å². The maximum Gasteiger partial charge on any atom is 0.221 e. The number of anilines is 1. The quantitative estimate of drug-likeness (QED) is 0.810. The van der Waals surface area contributed by atoms with Gasteiger partial charge in [-0.1, -0.05) is 0 Å². The smallest absolute Gasteiger partial charge is 0.221 e. The highest BCUT2D eigenvalue weighted by Crippen LogP contribution is 2.25. The minimum absolute atomic E-state index is 0.123. The molecule has 134 valence electrons. The van der Waals surface area contributed by atoms with Gasteiger partial charge in [0.1, 0.15) is 17.2 Å². The van der Waals surface area contributed by atoms with Crippen LogP contribution in [0.5, 0.6) is 0 Å². The maximum absolute atomic E-state index is 13.0. The van der Waals surface area contributed by atoms with Crippen LogP contribution in [-0.4, -0.2) is 51.0 Å². The third-order valence-corrected chi connectivity index (χ3v) is 4.46. The molecule has 1 saturated heterocycles. The lowest BCUT2D eigenvalue weighted by atomic mass is 10.0. The van der Waals surface area contributed by atoms with Crippen LogP contribution in [0.4, 0.5) is 10.2 Å². The molecule has 1 aliphatic rings. The van der Waals surface area contributed by atoms with Crippen molar-refractivity contribution in [2.24, 2.45) is 0 Å². The zero-order valence-electron chi connectivity index (χ0n) is 14.2. The largest absolute Gasteiger partial charge is 0.386 e. The van der Waals surface area contributed by atoms with E-state index in [1.165, 1.54) is 6.07 Å². The summed E-state index contributed by atoms with van der Waals surface area (Å²) < 4.78 is 14.7. The van der Waals surface area contributed by atoms with E-state index in [4.69, 9.17) is 0 Å². The van der Waals surface area contributed by atoms with Gasteiger partial charge in [0.05, 0.1) is 6.20 Å². The number of carbonyl (C=O) groups is 1. The number of carbonyl (C=O) groups excluding carboxylic acids is 1. The van der Waals surface area contributed by atoms with Gasteiger partial charge in [-0.25, -0.2) is 9.37 Å². The number of rotatable bonds is 6. The third kappa shape index (κ3) is 4.33. The fourth-order valence-electron chi connectivity index (χ4n) is 2.94. The average Bonchev–Trinajstić information content (AvgIpc) is 3.18. The van der Waals surface area contributed by atoms with Crippen molar-refractivity contribution < 1.29 is 14.3 Å². The number of aryl methyl sites for hydroxylation is 2. The number of aliphatic hydroxyl groups is 1. The first-order valence-corrected chi connectivity index (χ1v) is 8.29. The van der Waals surface area contributed by atoms with E-state index in [9.17, 15) is 14.3 Å². The number of nitrogens with zero attached hydrogens (tertiary/aromatic N) is 4. The Morgan fingerprint density at radius 1 is 1.44 bits per heavy atom. The number of nitrogens with one attached hydrogen (secondary N) is 1. The Morgan fingerprint density at radius 3 is 2.96 bits per heavy atom. The molecule has 0 saturated carbocycles. The highest BCUT2D eigenvalue weighted by atomic mass is 19.1. The molecule has 8 heteroatoms. The number of halogens is 1. The number of hydrogen-bond donors (Lipinski definition) is 2. The minimum atomic E-state index is -1.01. The lowest BCUT2D eigenvalue weighted by Crippen LogP contribution is -2.45. The second-order valence-corrected chi connectivity index (χ2v) is 6.45. The Kier molecular flexibility index (Phi) is 4.98. The second-order valence-electron chi connectivity index (χ2n) is 6.45. The first-order chi connectivity index (χ1) is 12.0. The molecule has 1 amide bonds. The molecule has 0 unspecified atom stereocenters. The molecule has 7 nitrogen and oxygen atoms in total. The van der Waals surface area contributed by atoms with E-state index in [0.29, 0.717) is 38.3 Å². The van der Waals surface area contributed by atoms with E-state index in [2.05, 4.69) is 15.4 Å². The predicted octanol–water partition coefficient (Wildman–Crippen LogP) is 0.873. The number of pyridine rings is 1. The van der Waals surface area contributed by atoms with Crippen LogP contribution >= 0.6 is 0 Å². The molecule has 0 aliphatic carbocycles. The Morgan fingerprint density at radius 2 is 2.28 bits per heavy atom. The summed E-state index contributed by atoms with van der Waals surface area (Å²) in [5, 5.41) is 17.6. The van der Waals surface area contributed by atoms with Crippen LogP contribution in [0.25, 0.3) is 0 Å². The van der Waals surface area contributed by atoms with Gasteiger partial charge in [-0.3, -0.25) is 9.48 Å². The molecule has 2 aromatic rings. The van der Waals surface area contributed by atoms with Crippen LogP contribution < -0.4 is 10.2 Å². The molecule has 3 heterocycles. The molecule has 2 N–H and O–H groups in total. The van der Waals surface area contributed by atoms with E-state index in [0.717, 1.165) is 11.9 Å². The van der Waals surface area contributed by atoms with Crippen LogP contribution in [-0.2, 0) is 11.3 Å². The van der Waals surface area contributed by atoms with Gasteiger partial charge < -0.3 is 15.3 Å². The number of amides is 1. The van der Waals surface area contributed by atoms with E-state index < -0.39 is 11.4 Å². The van der Waals surface area contributed by atoms with Crippen LogP contribution in [0.15, 0.2) is 30.6 Å². The third-order valence-electron chi connectivity index (χ3n) is 4.46. The van der Waals surface area contributed by atoms with Gasteiger partial charge in [0.15, 0.2) is 0 Å². The molecular weight excluding hydrogens is 325 g/mol. The van der Waals surface area contributed by atoms with E-state index in [-0.39, 0.29) is 12.5 Å². The van der Waals surface area contributed by atoms with Gasteiger partial charge in [-0.15, -0.1) is 0 Å². The van der Waals surface area contributed by atoms with Crippen LogP contribution in [0, 0.1) is 12.7 Å². The summed E-state index contributed by atoms with van der Waals surface area (Å²) in [5.74, 6) is 0.109. The molecule has 0 spiro atoms. The van der Waals surface area contributed by atoms with Crippen molar-refractivity contribution in [3.63, 3.8) is 0 Å². The second kappa shape index (κ2) is 7.18. The normalized spacial score (nSPS) is 20.0. The zero-order valence-corrected chi connectivity index (χ0v) is 14.2. The summed E-state index contributed by atoms with van der Waals surface area (Å²) in [6.45, 7) is 3.59. The molecule has 25 heavy (non-hydrogen) atoms. The fraction of sp³-hybridized carbons (Fsp3) is 0.471. The molecule has 3 rings (SSSR count). The number of hydrogen-bond acceptors (Lipinski definition) is 5. The monoisotopic (exact) mass is 347 g/mol. The summed E-state index contributed by atoms with van der Waals surface area (Å²) in [4.78, 5) is 17.9. The minimum Gasteiger partial charge on any atom is -0.386 e. The zero-order chi connectivity index (χ0) is 17.9. The van der Waals surface area contributed by atoms with Crippen molar-refractivity contribution in [1.29, 1.82) is 0 Å². The highest BCUT2D eigenvalue weighted by molar-refractivity contribution is 5.75. The maximum atomic E-state index is 13.0. The SMILES string of the molecule is Cc1ccnn1CCC(=O)NC[C@@]1(O)CCN(c2ccc(F)cn2)C1. The first-order valence-electron chi connectivity index (χ1n) is 8.29. The summed E-state index contributed by atoms with van der Waals surface area (Å²) in [6.07, 6.45) is 3.69. The Balaban J connectivity index is 1.47. The van der Waals surface area contributed by atoms with Crippen molar-refractivity contribution in [3.05, 3.63) is 42.1 Å². The van der Waals surface area contributed by atoms with Gasteiger partial charge in [0, 0.05) is 44.5 Å². The predicted molar refractivity (Wildman–Crippen MR) is 90.6 cm³/mol. The van der Waals surface area contributed by atoms with Gasteiger partial charge in [-0.2, -0.15) is 5.10 Å². The molecule has 1 fully saturated rings. The average molecular weight is 347 g/mol. The summed E-state index contributed by atoms with van der Waals surface area (Å²) in [7, 11) is 0. The summed E-state index contributed by atoms with van der Waals surface area (Å²) in [6, 6.07) is 4.82. The molecule has 0 aromatic carbocycles. The van der Waals surface area contributed by atoms with Gasteiger partial charge in [-0.05, 0) is 31.5 Å². The number of aromatic nitrogens is 3. The molecule has 1 atom stereocenters. The van der Waals surface area contributed by atoms with Crippen LogP contribution in [0.3, 0.4) is 0 Å². The van der Waals surface area contributed by atoms with Crippen molar-refractivity contribution in [2.45, 2.75) is 31.9 Å². The summed E-state index contributed by atoms with van der Waals surface area (Å²) >= 11 is 0. The number of β-amino-alcohol motifs (C(OH)–C–C–N with tert-alkyl or cyclic N) is 1. The highest BCUT2D eigenvalue weighted by Gasteiger charge is 2.36. The van der Waals surface area contributed by atoms with Crippen LogP contribution in [0.1, 0.15) is 18.5 Å². The lowest BCUT2D eigenvalue weighted by Gasteiger charge is -2.24. The van der Waals surface area contributed by atoms with Gasteiger partial charge in [0.25, 0.3) is 0 Å². The lowest BCUT2D eigenvalue weighted by molar-refractivity contribution is -0.122. The van der Waals surface area contributed by atoms with Crippen LogP contribution in [0.2, 0.25) is 0 Å². The van der Waals surface area contributed by atoms with Crippen molar-refractivity contribution in [2.75, 3.05) is 24.5 Å². The van der Waals surface area contributed by atoms with Gasteiger partial charge in [0.2, 0.25) is 5.91 Å². The fourth-order valence-corrected chi connectivity index (χ4v) is 2.94.